The highest BCUT2D eigenvalue weighted by Crippen LogP contribution is 2.53. The predicted octanol–water partition coefficient (Wildman–Crippen LogP) is 9.57. The number of phenols is 3. The average molecular weight is 619 g/mol. The first-order valence-corrected chi connectivity index (χ1v) is 15.4. The minimum absolute atomic E-state index is 0.107. The molecule has 45 heavy (non-hydrogen) atoms. The second-order valence-corrected chi connectivity index (χ2v) is 13.7. The first kappa shape index (κ1) is 36.9. The molecule has 1 fully saturated rings. The third-order valence-corrected chi connectivity index (χ3v) is 8.42. The molecule has 3 atom stereocenters. The van der Waals surface area contributed by atoms with Crippen LogP contribution >= 0.6 is 0 Å². The highest BCUT2D eigenvalue weighted by atomic mass is 16.6. The van der Waals surface area contributed by atoms with E-state index >= 15 is 0 Å². The van der Waals surface area contributed by atoms with Crippen molar-refractivity contribution in [1.82, 2.24) is 0 Å². The predicted molar refractivity (Wildman–Crippen MR) is 179 cm³/mol. The van der Waals surface area contributed by atoms with Crippen molar-refractivity contribution in [3.63, 3.8) is 0 Å². The molecule has 2 aliphatic rings. The van der Waals surface area contributed by atoms with Crippen LogP contribution in [0.5, 0.6) is 17.2 Å². The van der Waals surface area contributed by atoms with Gasteiger partial charge >= 0.3 is 6.16 Å². The Morgan fingerprint density at radius 2 is 1.27 bits per heavy atom. The number of hydrogen-bond acceptors (Lipinski definition) is 5. The van der Waals surface area contributed by atoms with E-state index in [2.05, 4.69) is 47.6 Å². The normalized spacial score (nSPS) is 21.5. The lowest BCUT2D eigenvalue weighted by molar-refractivity contribution is -0.119. The van der Waals surface area contributed by atoms with E-state index in [4.69, 9.17) is 25.2 Å². The van der Waals surface area contributed by atoms with E-state index in [0.29, 0.717) is 46.7 Å². The highest BCUT2D eigenvalue weighted by molar-refractivity contribution is 5.98. The summed E-state index contributed by atoms with van der Waals surface area (Å²) in [6, 6.07) is 23.4. The van der Waals surface area contributed by atoms with Gasteiger partial charge in [0.15, 0.2) is 5.78 Å². The van der Waals surface area contributed by atoms with Crippen molar-refractivity contribution < 1.29 is 35.1 Å². The Labute approximate surface area is 267 Å². The Kier molecular flexibility index (Phi) is 13.3. The maximum Gasteiger partial charge on any atom is 0.503 e. The maximum atomic E-state index is 13.2. The molecule has 7 heteroatoms. The Morgan fingerprint density at radius 3 is 1.67 bits per heavy atom. The summed E-state index contributed by atoms with van der Waals surface area (Å²) in [6.45, 7) is 15.6. The lowest BCUT2D eigenvalue weighted by Gasteiger charge is -2.45. The van der Waals surface area contributed by atoms with E-state index in [9.17, 15) is 9.90 Å². The zero-order valence-corrected chi connectivity index (χ0v) is 27.6. The Bertz CT molecular complexity index is 1380. The largest absolute Gasteiger partial charge is 0.508 e. The molecule has 1 saturated carbocycles. The van der Waals surface area contributed by atoms with Crippen LogP contribution in [0.2, 0.25) is 0 Å². The van der Waals surface area contributed by atoms with Crippen molar-refractivity contribution in [2.24, 2.45) is 22.7 Å². The van der Waals surface area contributed by atoms with E-state index in [1.807, 2.05) is 25.1 Å². The second-order valence-electron chi connectivity index (χ2n) is 13.7. The van der Waals surface area contributed by atoms with Crippen LogP contribution in [0.1, 0.15) is 84.3 Å². The molecule has 5 rings (SSSR count). The minimum Gasteiger partial charge on any atom is -0.508 e. The van der Waals surface area contributed by atoms with Gasteiger partial charge in [0.2, 0.25) is 0 Å². The number of para-hydroxylation sites is 2. The summed E-state index contributed by atoms with van der Waals surface area (Å²) in [7, 11) is 0. The third kappa shape index (κ3) is 11.6. The molecular formula is C38H50O7. The molecule has 2 aliphatic carbocycles. The lowest BCUT2D eigenvalue weighted by Crippen LogP contribution is -2.38. The molecule has 0 aromatic heterocycles. The number of phenolic OH excluding ortho intramolecular Hbond substituents is 3. The van der Waals surface area contributed by atoms with E-state index in [0.717, 1.165) is 24.0 Å². The van der Waals surface area contributed by atoms with Gasteiger partial charge < -0.3 is 25.5 Å². The van der Waals surface area contributed by atoms with Crippen LogP contribution in [-0.2, 0) is 4.79 Å². The number of carbonyl (C=O) groups excluding carboxylic acids is 1. The fraction of sp³-hybridized carbons (Fsp3) is 0.421. The molecule has 0 radical (unpaired) electrons. The van der Waals surface area contributed by atoms with Gasteiger partial charge in [0.25, 0.3) is 0 Å². The maximum absolute atomic E-state index is 13.2. The number of carboxylic acid groups (broad SMARTS) is 2. The van der Waals surface area contributed by atoms with E-state index in [1.54, 1.807) is 54.6 Å². The number of aromatic hydroxyl groups is 3. The van der Waals surface area contributed by atoms with Crippen LogP contribution in [0.25, 0.3) is 0 Å². The molecule has 0 spiro atoms. The zero-order valence-electron chi connectivity index (χ0n) is 27.6. The fourth-order valence-electron chi connectivity index (χ4n) is 7.10. The lowest BCUT2D eigenvalue weighted by atomic mass is 9.58. The first-order chi connectivity index (χ1) is 20.9. The van der Waals surface area contributed by atoms with Gasteiger partial charge in [-0.2, -0.15) is 0 Å². The Balaban J connectivity index is 0.000000315. The van der Waals surface area contributed by atoms with E-state index in [1.165, 1.54) is 17.6 Å². The minimum atomic E-state index is -1.83. The standard InChI is InChI=1S/C25H36O2.2C6H6O.CH2O3/c1-15-10-19(13-24(4,5)12-15)22-17(3)23(25(6,7)14-21(22)27)18-8-9-20(26)16(2)11-18;2*7-6-4-2-1-3-5-6;2-1(3)4/h8-9,11,15,19,23,26H,10,12-14H2,1-7H3;2*1-5,7H;(H2,2,3,4). The summed E-state index contributed by atoms with van der Waals surface area (Å²) in [5, 5.41) is 41.2. The summed E-state index contributed by atoms with van der Waals surface area (Å²) < 4.78 is 0. The number of Topliss-reactive ketones (excluding diaryl/α,β-unsaturated/α-hetero) is 1. The number of rotatable bonds is 2. The Hall–Kier alpha value is -4.26. The number of ketones is 1. The van der Waals surface area contributed by atoms with Gasteiger partial charge in [0, 0.05) is 12.3 Å². The van der Waals surface area contributed by atoms with Crippen molar-refractivity contribution >= 4 is 11.9 Å². The smallest absolute Gasteiger partial charge is 0.503 e. The Morgan fingerprint density at radius 1 is 0.778 bits per heavy atom. The highest BCUT2D eigenvalue weighted by Gasteiger charge is 2.44. The molecular weight excluding hydrogens is 568 g/mol. The quantitative estimate of drug-likeness (QED) is 0.193. The van der Waals surface area contributed by atoms with Gasteiger partial charge in [-0.05, 0) is 103 Å². The molecule has 3 unspecified atom stereocenters. The molecule has 5 N–H and O–H groups in total. The van der Waals surface area contributed by atoms with Crippen molar-refractivity contribution in [3.8, 4) is 17.2 Å². The van der Waals surface area contributed by atoms with Gasteiger partial charge in [0.1, 0.15) is 17.2 Å². The van der Waals surface area contributed by atoms with Gasteiger partial charge in [-0.1, -0.05) is 88.7 Å². The average Bonchev–Trinajstić information content (AvgIpc) is 2.90. The van der Waals surface area contributed by atoms with Crippen LogP contribution < -0.4 is 0 Å². The van der Waals surface area contributed by atoms with Gasteiger partial charge in [-0.3, -0.25) is 4.79 Å². The van der Waals surface area contributed by atoms with Crippen LogP contribution in [0.4, 0.5) is 4.79 Å². The SMILES string of the molecule is CC1=C(C2CC(C)CC(C)(C)C2)C(=O)CC(C)(C)C1c1ccc(O)c(C)c1.O=C(O)O.Oc1ccccc1.Oc1ccccc1. The summed E-state index contributed by atoms with van der Waals surface area (Å²) in [4.78, 5) is 21.8. The monoisotopic (exact) mass is 618 g/mol. The number of carbonyl (C=O) groups is 2. The van der Waals surface area contributed by atoms with Gasteiger partial charge in [0.05, 0.1) is 0 Å². The van der Waals surface area contributed by atoms with Gasteiger partial charge in [-0.15, -0.1) is 0 Å². The third-order valence-electron chi connectivity index (χ3n) is 8.42. The number of aryl methyl sites for hydroxylation is 1. The summed E-state index contributed by atoms with van der Waals surface area (Å²) in [5.74, 6) is 2.62. The molecule has 0 aliphatic heterocycles. The number of benzene rings is 3. The second kappa shape index (κ2) is 16.2. The van der Waals surface area contributed by atoms with Crippen LogP contribution in [0, 0.1) is 29.6 Å². The van der Waals surface area contributed by atoms with Gasteiger partial charge in [-0.25, -0.2) is 4.79 Å². The molecule has 3 aromatic carbocycles. The molecule has 0 heterocycles. The van der Waals surface area contributed by atoms with Crippen molar-refractivity contribution in [2.45, 2.75) is 80.1 Å². The fourth-order valence-corrected chi connectivity index (χ4v) is 7.10. The number of allylic oxidation sites excluding steroid dienone is 2. The van der Waals surface area contributed by atoms with E-state index in [-0.39, 0.29) is 11.3 Å². The molecule has 0 bridgehead atoms. The molecule has 0 saturated heterocycles. The molecule has 244 valence electrons. The van der Waals surface area contributed by atoms with Crippen molar-refractivity contribution in [1.29, 1.82) is 0 Å². The molecule has 7 nitrogen and oxygen atoms in total. The van der Waals surface area contributed by atoms with Crippen LogP contribution in [-0.4, -0.2) is 37.5 Å². The number of hydrogen-bond donors (Lipinski definition) is 5. The van der Waals surface area contributed by atoms with Crippen LogP contribution in [0.15, 0.2) is 90.0 Å². The van der Waals surface area contributed by atoms with Crippen molar-refractivity contribution in [2.75, 3.05) is 0 Å². The summed E-state index contributed by atoms with van der Waals surface area (Å²) in [5.41, 5.74) is 4.70. The zero-order chi connectivity index (χ0) is 33.9. The summed E-state index contributed by atoms with van der Waals surface area (Å²) in [6.07, 6.45) is 2.26. The first-order valence-electron chi connectivity index (χ1n) is 15.4. The van der Waals surface area contributed by atoms with E-state index < -0.39 is 6.16 Å². The summed E-state index contributed by atoms with van der Waals surface area (Å²) >= 11 is 0. The molecule has 0 amide bonds. The van der Waals surface area contributed by atoms with Crippen molar-refractivity contribution in [3.05, 3.63) is 101 Å². The van der Waals surface area contributed by atoms with Crippen LogP contribution in [0.3, 0.4) is 0 Å². The topological polar surface area (TPSA) is 135 Å². The molecule has 3 aromatic rings.